The van der Waals surface area contributed by atoms with Crippen LogP contribution in [0.15, 0.2) is 54.6 Å². The van der Waals surface area contributed by atoms with Gasteiger partial charge in [0.2, 0.25) is 5.91 Å². The van der Waals surface area contributed by atoms with E-state index in [1.54, 1.807) is 0 Å². The minimum atomic E-state index is -0.845. The average molecular weight is 490 g/mol. The topological polar surface area (TPSA) is 85.0 Å². The number of carbonyl (C=O) groups excluding carboxylic acids is 3. The van der Waals surface area contributed by atoms with Crippen LogP contribution in [0.4, 0.5) is 16.2 Å². The first-order valence-electron chi connectivity index (χ1n) is 13.0. The van der Waals surface area contributed by atoms with Crippen LogP contribution in [0.1, 0.15) is 38.2 Å². The maximum Gasteiger partial charge on any atom is 0.325 e. The number of urea groups is 1. The van der Waals surface area contributed by atoms with E-state index in [0.29, 0.717) is 12.1 Å². The van der Waals surface area contributed by atoms with Crippen LogP contribution in [-0.4, -0.2) is 65.9 Å². The molecule has 2 N–H and O–H groups in total. The molecule has 2 aliphatic heterocycles. The van der Waals surface area contributed by atoms with Gasteiger partial charge in [0.15, 0.2) is 0 Å². The Hall–Kier alpha value is -3.39. The van der Waals surface area contributed by atoms with Crippen LogP contribution in [-0.2, 0) is 16.1 Å². The first-order chi connectivity index (χ1) is 17.4. The molecule has 0 unspecified atom stereocenters. The van der Waals surface area contributed by atoms with Gasteiger partial charge >= 0.3 is 6.03 Å². The van der Waals surface area contributed by atoms with Gasteiger partial charge in [-0.1, -0.05) is 50.1 Å². The number of nitrogens with zero attached hydrogens (tertiary/aromatic N) is 3. The van der Waals surface area contributed by atoms with Gasteiger partial charge in [-0.2, -0.15) is 0 Å². The molecule has 8 heteroatoms. The molecule has 0 bridgehead atoms. The summed E-state index contributed by atoms with van der Waals surface area (Å²) in [6.45, 7) is 6.60. The van der Waals surface area contributed by atoms with E-state index in [4.69, 9.17) is 0 Å². The van der Waals surface area contributed by atoms with E-state index in [1.165, 1.54) is 5.56 Å². The van der Waals surface area contributed by atoms with Gasteiger partial charge in [-0.3, -0.25) is 19.4 Å². The van der Waals surface area contributed by atoms with Crippen molar-refractivity contribution >= 4 is 29.2 Å². The minimum absolute atomic E-state index is 0.0727. The summed E-state index contributed by atoms with van der Waals surface area (Å²) in [5.41, 5.74) is 2.26. The lowest BCUT2D eigenvalue weighted by Crippen LogP contribution is -2.54. The average Bonchev–Trinajstić information content (AvgIpc) is 3.12. The summed E-state index contributed by atoms with van der Waals surface area (Å²) >= 11 is 0. The minimum Gasteiger partial charge on any atom is -0.369 e. The Balaban J connectivity index is 1.12. The molecule has 3 fully saturated rings. The van der Waals surface area contributed by atoms with Gasteiger partial charge in [-0.05, 0) is 48.6 Å². The standard InChI is InChI=1S/C28H35N5O3/c1-21-7-5-6-14-28(21)26(35)33(27(36)30-28)20-25(34)29-23-10-12-24(13-11-23)32-17-15-31(16-18-32)19-22-8-3-2-4-9-22/h2-4,8-13,21H,5-7,14-20H2,1H3,(H,29,34)(H,30,36)/t21-,28-/m1/s1. The molecule has 0 aromatic heterocycles. The van der Waals surface area contributed by atoms with Crippen molar-refractivity contribution in [2.75, 3.05) is 42.9 Å². The number of amides is 4. The molecule has 2 heterocycles. The van der Waals surface area contributed by atoms with Gasteiger partial charge < -0.3 is 15.5 Å². The van der Waals surface area contributed by atoms with Crippen LogP contribution in [0.2, 0.25) is 0 Å². The van der Waals surface area contributed by atoms with Gasteiger partial charge in [-0.25, -0.2) is 4.79 Å². The summed E-state index contributed by atoms with van der Waals surface area (Å²) < 4.78 is 0. The van der Waals surface area contributed by atoms with Crippen LogP contribution in [0, 0.1) is 5.92 Å². The molecule has 1 aliphatic carbocycles. The van der Waals surface area contributed by atoms with Gasteiger partial charge in [0.1, 0.15) is 12.1 Å². The molecule has 190 valence electrons. The molecule has 0 radical (unpaired) electrons. The molecular formula is C28H35N5O3. The number of hydrogen-bond acceptors (Lipinski definition) is 5. The van der Waals surface area contributed by atoms with E-state index >= 15 is 0 Å². The van der Waals surface area contributed by atoms with Gasteiger partial charge in [0.05, 0.1) is 0 Å². The fourth-order valence-electron chi connectivity index (χ4n) is 5.74. The Morgan fingerprint density at radius 1 is 1.00 bits per heavy atom. The summed E-state index contributed by atoms with van der Waals surface area (Å²) in [7, 11) is 0. The molecule has 4 amide bonds. The molecule has 36 heavy (non-hydrogen) atoms. The Kier molecular flexibility index (Phi) is 6.96. The highest BCUT2D eigenvalue weighted by molar-refractivity contribution is 6.10. The summed E-state index contributed by atoms with van der Waals surface area (Å²) in [4.78, 5) is 44.2. The molecule has 2 saturated heterocycles. The van der Waals surface area contributed by atoms with E-state index in [2.05, 4.69) is 44.7 Å². The number of imide groups is 1. The fourth-order valence-corrected chi connectivity index (χ4v) is 5.74. The van der Waals surface area contributed by atoms with Crippen molar-refractivity contribution in [1.82, 2.24) is 15.1 Å². The lowest BCUT2D eigenvalue weighted by Gasteiger charge is -2.36. The largest absolute Gasteiger partial charge is 0.369 e. The highest BCUT2D eigenvalue weighted by Gasteiger charge is 2.55. The number of benzene rings is 2. The molecule has 1 spiro atoms. The molecule has 2 aromatic rings. The number of hydrogen-bond donors (Lipinski definition) is 2. The van der Waals surface area contributed by atoms with Gasteiger partial charge in [0.25, 0.3) is 5.91 Å². The van der Waals surface area contributed by atoms with Crippen molar-refractivity contribution in [2.24, 2.45) is 5.92 Å². The smallest absolute Gasteiger partial charge is 0.325 e. The second-order valence-corrected chi connectivity index (χ2v) is 10.3. The first kappa shape index (κ1) is 24.3. The third kappa shape index (κ3) is 4.95. The Morgan fingerprint density at radius 2 is 1.72 bits per heavy atom. The third-order valence-corrected chi connectivity index (χ3v) is 7.94. The van der Waals surface area contributed by atoms with E-state index < -0.39 is 11.6 Å². The fraction of sp³-hybridized carbons (Fsp3) is 0.464. The normalized spacial score (nSPS) is 24.8. The zero-order chi connectivity index (χ0) is 25.1. The molecule has 3 aliphatic rings. The van der Waals surface area contributed by atoms with Gasteiger partial charge in [0, 0.05) is 44.1 Å². The molecule has 5 rings (SSSR count). The summed E-state index contributed by atoms with van der Waals surface area (Å²) in [6, 6.07) is 17.8. The highest BCUT2D eigenvalue weighted by atomic mass is 16.2. The molecule has 1 saturated carbocycles. The Morgan fingerprint density at radius 3 is 2.42 bits per heavy atom. The Labute approximate surface area is 212 Å². The number of carbonyl (C=O) groups is 3. The van der Waals surface area contributed by atoms with E-state index in [-0.39, 0.29) is 24.3 Å². The van der Waals surface area contributed by atoms with Crippen molar-refractivity contribution in [1.29, 1.82) is 0 Å². The van der Waals surface area contributed by atoms with Gasteiger partial charge in [-0.15, -0.1) is 0 Å². The van der Waals surface area contributed by atoms with Crippen molar-refractivity contribution < 1.29 is 14.4 Å². The van der Waals surface area contributed by atoms with E-state index in [9.17, 15) is 14.4 Å². The predicted molar refractivity (Wildman–Crippen MR) is 140 cm³/mol. The quantitative estimate of drug-likeness (QED) is 0.608. The van der Waals surface area contributed by atoms with Crippen molar-refractivity contribution in [3.05, 3.63) is 60.2 Å². The lowest BCUT2D eigenvalue weighted by atomic mass is 9.73. The van der Waals surface area contributed by atoms with Crippen LogP contribution in [0.25, 0.3) is 0 Å². The van der Waals surface area contributed by atoms with Crippen molar-refractivity contribution in [3.8, 4) is 0 Å². The molecule has 2 atom stereocenters. The maximum atomic E-state index is 13.1. The molecular weight excluding hydrogens is 454 g/mol. The second-order valence-electron chi connectivity index (χ2n) is 10.3. The van der Waals surface area contributed by atoms with E-state index in [0.717, 1.165) is 62.6 Å². The summed E-state index contributed by atoms with van der Waals surface area (Å²) in [5, 5.41) is 5.73. The van der Waals surface area contributed by atoms with Crippen LogP contribution in [0.3, 0.4) is 0 Å². The molecule has 2 aromatic carbocycles. The van der Waals surface area contributed by atoms with Crippen LogP contribution in [0.5, 0.6) is 0 Å². The maximum absolute atomic E-state index is 13.1. The lowest BCUT2D eigenvalue weighted by molar-refractivity contribution is -0.136. The van der Waals surface area contributed by atoms with Crippen LogP contribution < -0.4 is 15.5 Å². The number of piperazine rings is 1. The zero-order valence-corrected chi connectivity index (χ0v) is 20.9. The monoisotopic (exact) mass is 489 g/mol. The Bertz CT molecular complexity index is 1100. The highest BCUT2D eigenvalue weighted by Crippen LogP contribution is 2.38. The first-order valence-corrected chi connectivity index (χ1v) is 13.0. The van der Waals surface area contributed by atoms with Crippen LogP contribution >= 0.6 is 0 Å². The third-order valence-electron chi connectivity index (χ3n) is 7.94. The zero-order valence-electron chi connectivity index (χ0n) is 20.9. The van der Waals surface area contributed by atoms with E-state index in [1.807, 2.05) is 37.3 Å². The number of anilines is 2. The van der Waals surface area contributed by atoms with Crippen molar-refractivity contribution in [3.63, 3.8) is 0 Å². The number of nitrogens with one attached hydrogen (secondary N) is 2. The molecule has 8 nitrogen and oxygen atoms in total. The SMILES string of the molecule is C[C@@H]1CCCC[C@@]12NC(=O)N(CC(=O)Nc1ccc(N3CCN(Cc4ccccc4)CC3)cc1)C2=O. The predicted octanol–water partition coefficient (Wildman–Crippen LogP) is 3.45. The second kappa shape index (κ2) is 10.3. The summed E-state index contributed by atoms with van der Waals surface area (Å²) in [6.07, 6.45) is 3.51. The van der Waals surface area contributed by atoms with Crippen molar-refractivity contribution in [2.45, 2.75) is 44.7 Å². The summed E-state index contributed by atoms with van der Waals surface area (Å²) in [5.74, 6) is -0.568. The number of rotatable bonds is 6.